The summed E-state index contributed by atoms with van der Waals surface area (Å²) in [6.45, 7) is 5.90. The number of nitrogens with zero attached hydrogens (tertiary/aromatic N) is 3. The van der Waals surface area contributed by atoms with E-state index >= 15 is 0 Å². The zero-order valence-corrected chi connectivity index (χ0v) is 16.6. The second-order valence-corrected chi connectivity index (χ2v) is 8.53. The van der Waals surface area contributed by atoms with E-state index < -0.39 is 5.60 Å². The summed E-state index contributed by atoms with van der Waals surface area (Å²) in [6.07, 6.45) is 6.28. The molecule has 2 aromatic heterocycles. The van der Waals surface area contributed by atoms with Gasteiger partial charge in [0.1, 0.15) is 17.1 Å². The van der Waals surface area contributed by atoms with Crippen LogP contribution in [-0.2, 0) is 35.1 Å². The first-order chi connectivity index (χ1) is 13.5. The minimum atomic E-state index is -0.402. The van der Waals surface area contributed by atoms with Gasteiger partial charge in [0.05, 0.1) is 31.9 Å². The molecule has 1 unspecified atom stereocenters. The quantitative estimate of drug-likeness (QED) is 0.696. The van der Waals surface area contributed by atoms with Gasteiger partial charge in [-0.1, -0.05) is 31.1 Å². The van der Waals surface area contributed by atoms with Crippen molar-refractivity contribution in [3.63, 3.8) is 0 Å². The average molecular weight is 379 g/mol. The molecule has 3 aromatic rings. The van der Waals surface area contributed by atoms with Crippen LogP contribution >= 0.6 is 0 Å². The highest BCUT2D eigenvalue weighted by molar-refractivity contribution is 5.36. The summed E-state index contributed by atoms with van der Waals surface area (Å²) in [5.74, 6) is 1.85. The van der Waals surface area contributed by atoms with Crippen LogP contribution in [0, 0.1) is 0 Å². The Bertz CT molecular complexity index is 1000. The molecule has 5 rings (SSSR count). The summed E-state index contributed by atoms with van der Waals surface area (Å²) in [6, 6.07) is 8.21. The first-order valence-electron chi connectivity index (χ1n) is 9.76. The molecule has 1 atom stereocenters. The maximum atomic E-state index is 6.43. The molecule has 0 amide bonds. The Hall–Kier alpha value is -2.60. The fraction of sp³-hybridized carbons (Fsp3) is 0.455. The molecule has 0 radical (unpaired) electrons. The van der Waals surface area contributed by atoms with E-state index in [1.165, 1.54) is 11.3 Å². The third kappa shape index (κ3) is 2.66. The van der Waals surface area contributed by atoms with Gasteiger partial charge in [0.2, 0.25) is 0 Å². The zero-order valence-electron chi connectivity index (χ0n) is 16.6. The highest BCUT2D eigenvalue weighted by atomic mass is 16.5. The highest BCUT2D eigenvalue weighted by Crippen LogP contribution is 2.49. The van der Waals surface area contributed by atoms with Crippen LogP contribution in [0.15, 0.2) is 41.3 Å². The summed E-state index contributed by atoms with van der Waals surface area (Å²) in [5.41, 5.74) is 4.17. The second-order valence-electron chi connectivity index (χ2n) is 8.53. The number of fused-ring (bicyclic) bond motifs is 3. The third-order valence-corrected chi connectivity index (χ3v) is 6.07. The van der Waals surface area contributed by atoms with Crippen molar-refractivity contribution in [1.29, 1.82) is 0 Å². The van der Waals surface area contributed by atoms with Gasteiger partial charge < -0.3 is 18.6 Å². The molecule has 3 heterocycles. The topological polar surface area (TPSA) is 62.3 Å². The van der Waals surface area contributed by atoms with E-state index in [0.29, 0.717) is 6.61 Å². The lowest BCUT2D eigenvalue weighted by Crippen LogP contribution is -2.46. The molecule has 146 valence electrons. The summed E-state index contributed by atoms with van der Waals surface area (Å²) >= 11 is 0. The van der Waals surface area contributed by atoms with Crippen molar-refractivity contribution in [3.05, 3.63) is 65.1 Å². The Balaban J connectivity index is 1.50. The molecule has 0 saturated heterocycles. The standard InChI is InChI=1S/C22H25N3O3/c1-21(2)13-22(10-16-11-24-28-20(16)21)19-18(8-9-27-22)25(14-23-19)12-15-4-6-17(26-3)7-5-15/h4-7,11,14H,8-10,12-13H2,1-3H3. The first kappa shape index (κ1) is 17.5. The molecule has 0 bridgehead atoms. The van der Waals surface area contributed by atoms with Gasteiger partial charge >= 0.3 is 0 Å². The van der Waals surface area contributed by atoms with Crippen LogP contribution in [0.25, 0.3) is 0 Å². The van der Waals surface area contributed by atoms with Gasteiger partial charge in [0, 0.05) is 36.1 Å². The van der Waals surface area contributed by atoms with Gasteiger partial charge in [0.15, 0.2) is 0 Å². The van der Waals surface area contributed by atoms with Crippen molar-refractivity contribution in [2.75, 3.05) is 13.7 Å². The SMILES string of the molecule is COc1ccc(Cn2cnc3c2CCOC32Cc3cnoc3C(C)(C)C2)cc1. The van der Waals surface area contributed by atoms with Crippen molar-refractivity contribution in [1.82, 2.24) is 14.7 Å². The molecule has 1 aromatic carbocycles. The zero-order chi connectivity index (χ0) is 19.4. The molecule has 0 saturated carbocycles. The van der Waals surface area contributed by atoms with Gasteiger partial charge in [-0.2, -0.15) is 0 Å². The van der Waals surface area contributed by atoms with E-state index in [0.717, 1.165) is 48.6 Å². The molecule has 1 aliphatic heterocycles. The molecular formula is C22H25N3O3. The van der Waals surface area contributed by atoms with Gasteiger partial charge in [-0.05, 0) is 24.1 Å². The van der Waals surface area contributed by atoms with Crippen LogP contribution in [0.5, 0.6) is 5.75 Å². The van der Waals surface area contributed by atoms with E-state index in [1.807, 2.05) is 24.7 Å². The highest BCUT2D eigenvalue weighted by Gasteiger charge is 2.51. The van der Waals surface area contributed by atoms with Crippen LogP contribution in [0.3, 0.4) is 0 Å². The molecule has 2 aliphatic rings. The Morgan fingerprint density at radius 1 is 1.21 bits per heavy atom. The number of imidazole rings is 1. The minimum absolute atomic E-state index is 0.140. The monoisotopic (exact) mass is 379 g/mol. The number of aromatic nitrogens is 3. The average Bonchev–Trinajstić information content (AvgIpc) is 3.31. The van der Waals surface area contributed by atoms with Crippen molar-refractivity contribution in [3.8, 4) is 5.75 Å². The summed E-state index contributed by atoms with van der Waals surface area (Å²) < 4.78 is 19.5. The van der Waals surface area contributed by atoms with E-state index in [-0.39, 0.29) is 5.41 Å². The minimum Gasteiger partial charge on any atom is -0.497 e. The fourth-order valence-electron chi connectivity index (χ4n) is 4.90. The molecule has 1 spiro atoms. The van der Waals surface area contributed by atoms with E-state index in [1.54, 1.807) is 7.11 Å². The molecule has 28 heavy (non-hydrogen) atoms. The summed E-state index contributed by atoms with van der Waals surface area (Å²) in [4.78, 5) is 4.85. The number of ether oxygens (including phenoxy) is 2. The van der Waals surface area contributed by atoms with Gasteiger partial charge in [0.25, 0.3) is 0 Å². The Morgan fingerprint density at radius 2 is 2.04 bits per heavy atom. The Kier molecular flexibility index (Phi) is 3.88. The van der Waals surface area contributed by atoms with Crippen molar-refractivity contribution in [2.24, 2.45) is 0 Å². The third-order valence-electron chi connectivity index (χ3n) is 6.07. The van der Waals surface area contributed by atoms with Crippen molar-refractivity contribution in [2.45, 2.75) is 50.7 Å². The lowest BCUT2D eigenvalue weighted by molar-refractivity contribution is -0.0899. The van der Waals surface area contributed by atoms with Crippen LogP contribution < -0.4 is 4.74 Å². The molecule has 1 aliphatic carbocycles. The molecular weight excluding hydrogens is 354 g/mol. The van der Waals surface area contributed by atoms with E-state index in [2.05, 4.69) is 35.7 Å². The van der Waals surface area contributed by atoms with Crippen LogP contribution in [0.1, 0.15) is 48.5 Å². The maximum Gasteiger partial charge on any atom is 0.145 e. The fourth-order valence-corrected chi connectivity index (χ4v) is 4.90. The maximum absolute atomic E-state index is 6.43. The van der Waals surface area contributed by atoms with Crippen molar-refractivity contribution < 1.29 is 14.0 Å². The largest absolute Gasteiger partial charge is 0.497 e. The number of hydrogen-bond donors (Lipinski definition) is 0. The van der Waals surface area contributed by atoms with Crippen LogP contribution in [0.4, 0.5) is 0 Å². The van der Waals surface area contributed by atoms with Crippen molar-refractivity contribution >= 4 is 0 Å². The first-order valence-corrected chi connectivity index (χ1v) is 9.76. The van der Waals surface area contributed by atoms with E-state index in [4.69, 9.17) is 19.0 Å². The van der Waals surface area contributed by atoms with Gasteiger partial charge in [-0.3, -0.25) is 0 Å². The van der Waals surface area contributed by atoms with Crippen LogP contribution in [0.2, 0.25) is 0 Å². The number of rotatable bonds is 3. The van der Waals surface area contributed by atoms with Gasteiger partial charge in [-0.15, -0.1) is 0 Å². The van der Waals surface area contributed by atoms with Gasteiger partial charge in [-0.25, -0.2) is 4.98 Å². The number of benzene rings is 1. The normalized spacial score (nSPS) is 22.7. The lowest BCUT2D eigenvalue weighted by Gasteiger charge is -2.44. The lowest BCUT2D eigenvalue weighted by atomic mass is 9.67. The molecule has 6 heteroatoms. The predicted molar refractivity (Wildman–Crippen MR) is 104 cm³/mol. The summed E-state index contributed by atoms with van der Waals surface area (Å²) in [7, 11) is 1.69. The van der Waals surface area contributed by atoms with Crippen LogP contribution in [-0.4, -0.2) is 28.4 Å². The van der Waals surface area contributed by atoms with E-state index in [9.17, 15) is 0 Å². The smallest absolute Gasteiger partial charge is 0.145 e. The molecule has 0 N–H and O–H groups in total. The summed E-state index contributed by atoms with van der Waals surface area (Å²) in [5, 5.41) is 4.04. The number of methoxy groups -OCH3 is 1. The number of hydrogen-bond acceptors (Lipinski definition) is 5. The molecule has 6 nitrogen and oxygen atoms in total. The Morgan fingerprint density at radius 3 is 2.82 bits per heavy atom. The molecule has 0 fully saturated rings. The predicted octanol–water partition coefficient (Wildman–Crippen LogP) is 3.62. The second kappa shape index (κ2) is 6.21. The Labute approximate surface area is 164 Å².